The third-order valence-corrected chi connectivity index (χ3v) is 3.28. The van der Waals surface area contributed by atoms with E-state index in [0.29, 0.717) is 11.7 Å². The van der Waals surface area contributed by atoms with Crippen molar-refractivity contribution in [1.29, 1.82) is 0 Å². The molecule has 0 aliphatic carbocycles. The van der Waals surface area contributed by atoms with Crippen LogP contribution in [0.4, 0.5) is 5.13 Å². The first kappa shape index (κ1) is 13.3. The van der Waals surface area contributed by atoms with Crippen LogP contribution in [0.2, 0.25) is 5.15 Å². The topological polar surface area (TPSA) is 36.4 Å². The first-order valence-electron chi connectivity index (χ1n) is 5.10. The van der Waals surface area contributed by atoms with Gasteiger partial charge < -0.3 is 9.80 Å². The molecule has 0 saturated carbocycles. The summed E-state index contributed by atoms with van der Waals surface area (Å²) in [7, 11) is 3.50. The van der Waals surface area contributed by atoms with E-state index >= 15 is 0 Å². The first-order chi connectivity index (χ1) is 7.54. The average Bonchev–Trinajstić information content (AvgIpc) is 2.64. The third kappa shape index (κ3) is 3.64. The molecule has 16 heavy (non-hydrogen) atoms. The zero-order chi connectivity index (χ0) is 12.1. The summed E-state index contributed by atoms with van der Waals surface area (Å²) in [6.07, 6.45) is 0.970. The van der Waals surface area contributed by atoms with Crippen LogP contribution in [0, 0.1) is 0 Å². The van der Waals surface area contributed by atoms with Crippen LogP contribution in [0.3, 0.4) is 0 Å². The molecule has 6 heteroatoms. The lowest BCUT2D eigenvalue weighted by Crippen LogP contribution is -2.37. The van der Waals surface area contributed by atoms with Gasteiger partial charge in [0.15, 0.2) is 5.13 Å². The second-order valence-corrected chi connectivity index (χ2v) is 4.89. The van der Waals surface area contributed by atoms with E-state index in [1.54, 1.807) is 24.4 Å². The lowest BCUT2D eigenvalue weighted by molar-refractivity contribution is -0.127. The lowest BCUT2D eigenvalue weighted by atomic mass is 10.4. The Balaban J connectivity index is 2.71. The molecule has 1 amide bonds. The van der Waals surface area contributed by atoms with Gasteiger partial charge >= 0.3 is 0 Å². The highest BCUT2D eigenvalue weighted by Gasteiger charge is 2.15. The molecule has 0 N–H and O–H groups in total. The molecule has 1 rings (SSSR count). The van der Waals surface area contributed by atoms with Crippen LogP contribution in [0.25, 0.3) is 0 Å². The fourth-order valence-electron chi connectivity index (χ4n) is 1.21. The second kappa shape index (κ2) is 6.06. The van der Waals surface area contributed by atoms with Crippen LogP contribution in [0.5, 0.6) is 0 Å². The number of hydrogen-bond donors (Lipinski definition) is 0. The monoisotopic (exact) mass is 261 g/mol. The van der Waals surface area contributed by atoms with E-state index in [-0.39, 0.29) is 5.91 Å². The molecule has 0 unspecified atom stereocenters. The summed E-state index contributed by atoms with van der Waals surface area (Å²) in [5.74, 6) is 0.0692. The zero-order valence-corrected chi connectivity index (χ0v) is 11.3. The van der Waals surface area contributed by atoms with E-state index in [9.17, 15) is 4.79 Å². The number of aromatic nitrogens is 1. The fraction of sp³-hybridized carbons (Fsp3) is 0.600. The van der Waals surface area contributed by atoms with Crippen LogP contribution < -0.4 is 4.90 Å². The molecule has 4 nitrogen and oxygen atoms in total. The number of hydrogen-bond acceptors (Lipinski definition) is 4. The molecule has 1 heterocycles. The van der Waals surface area contributed by atoms with Gasteiger partial charge in [0.2, 0.25) is 5.91 Å². The van der Waals surface area contributed by atoms with Crippen molar-refractivity contribution in [3.63, 3.8) is 0 Å². The van der Waals surface area contributed by atoms with Gasteiger partial charge in [0.1, 0.15) is 5.15 Å². The van der Waals surface area contributed by atoms with E-state index in [1.807, 2.05) is 4.90 Å². The Morgan fingerprint density at radius 2 is 2.25 bits per heavy atom. The molecule has 0 radical (unpaired) electrons. The second-order valence-electron chi connectivity index (χ2n) is 3.66. The Hall–Kier alpha value is -0.810. The van der Waals surface area contributed by atoms with Gasteiger partial charge in [-0.25, -0.2) is 4.98 Å². The maximum absolute atomic E-state index is 11.6. The quantitative estimate of drug-likeness (QED) is 0.815. The molecule has 1 aromatic heterocycles. The Morgan fingerprint density at radius 1 is 1.56 bits per heavy atom. The highest BCUT2D eigenvalue weighted by atomic mass is 35.5. The molecule has 0 bridgehead atoms. The molecule has 0 aliphatic heterocycles. The van der Waals surface area contributed by atoms with Crippen molar-refractivity contribution >= 4 is 34.0 Å². The van der Waals surface area contributed by atoms with Crippen LogP contribution in [-0.4, -0.2) is 43.0 Å². The summed E-state index contributed by atoms with van der Waals surface area (Å²) in [5.41, 5.74) is 0. The Bertz CT molecular complexity index is 354. The van der Waals surface area contributed by atoms with Gasteiger partial charge in [-0.05, 0) is 6.42 Å². The van der Waals surface area contributed by atoms with Crippen molar-refractivity contribution in [2.75, 3.05) is 32.1 Å². The Morgan fingerprint density at radius 3 is 2.69 bits per heavy atom. The normalized spacial score (nSPS) is 10.2. The number of amides is 1. The summed E-state index contributed by atoms with van der Waals surface area (Å²) in [6, 6.07) is 0. The summed E-state index contributed by atoms with van der Waals surface area (Å²) in [4.78, 5) is 19.4. The highest BCUT2D eigenvalue weighted by molar-refractivity contribution is 7.14. The number of likely N-dealkylation sites (N-methyl/N-ethyl adjacent to an activating group) is 1. The van der Waals surface area contributed by atoms with Crippen LogP contribution >= 0.6 is 22.9 Å². The van der Waals surface area contributed by atoms with Gasteiger partial charge in [0, 0.05) is 26.0 Å². The van der Waals surface area contributed by atoms with Gasteiger partial charge in [-0.3, -0.25) is 4.79 Å². The standard InChI is InChI=1S/C10H16ClN3OS/c1-4-5-14(6-9(15)13(2)3)10-12-8(11)7-16-10/h7H,4-6H2,1-3H3. The van der Waals surface area contributed by atoms with Gasteiger partial charge in [0.05, 0.1) is 6.54 Å². The van der Waals surface area contributed by atoms with E-state index in [2.05, 4.69) is 11.9 Å². The van der Waals surface area contributed by atoms with Crippen molar-refractivity contribution in [1.82, 2.24) is 9.88 Å². The van der Waals surface area contributed by atoms with E-state index in [1.165, 1.54) is 11.3 Å². The van der Waals surface area contributed by atoms with E-state index in [0.717, 1.165) is 18.1 Å². The molecule has 0 fully saturated rings. The molecule has 0 atom stereocenters. The largest absolute Gasteiger partial charge is 0.347 e. The molecule has 0 aromatic carbocycles. The van der Waals surface area contributed by atoms with Crippen molar-refractivity contribution in [3.8, 4) is 0 Å². The summed E-state index contributed by atoms with van der Waals surface area (Å²) in [5, 5.41) is 3.07. The average molecular weight is 262 g/mol. The molecular weight excluding hydrogens is 246 g/mol. The number of carbonyl (C=O) groups is 1. The highest BCUT2D eigenvalue weighted by Crippen LogP contribution is 2.23. The van der Waals surface area contributed by atoms with Gasteiger partial charge in [-0.15, -0.1) is 11.3 Å². The lowest BCUT2D eigenvalue weighted by Gasteiger charge is -2.22. The van der Waals surface area contributed by atoms with E-state index < -0.39 is 0 Å². The summed E-state index contributed by atoms with van der Waals surface area (Å²) in [6.45, 7) is 3.23. The number of rotatable bonds is 5. The number of anilines is 1. The van der Waals surface area contributed by atoms with Crippen molar-refractivity contribution in [2.45, 2.75) is 13.3 Å². The van der Waals surface area contributed by atoms with Crippen molar-refractivity contribution in [3.05, 3.63) is 10.5 Å². The Kier molecular flexibility index (Phi) is 5.02. The zero-order valence-electron chi connectivity index (χ0n) is 9.73. The predicted octanol–water partition coefficient (Wildman–Crippen LogP) is 2.10. The first-order valence-corrected chi connectivity index (χ1v) is 6.36. The molecular formula is C10H16ClN3OS. The maximum atomic E-state index is 11.6. The molecule has 90 valence electrons. The number of thiazole rings is 1. The minimum Gasteiger partial charge on any atom is -0.347 e. The predicted molar refractivity (Wildman–Crippen MR) is 68.3 cm³/mol. The minimum absolute atomic E-state index is 0.0692. The third-order valence-electron chi connectivity index (χ3n) is 2.05. The fourth-order valence-corrected chi connectivity index (χ4v) is 2.18. The molecule has 0 saturated heterocycles. The smallest absolute Gasteiger partial charge is 0.241 e. The van der Waals surface area contributed by atoms with Crippen LogP contribution in [0.1, 0.15) is 13.3 Å². The van der Waals surface area contributed by atoms with Gasteiger partial charge in [-0.1, -0.05) is 18.5 Å². The van der Waals surface area contributed by atoms with Gasteiger partial charge in [-0.2, -0.15) is 0 Å². The molecule has 1 aromatic rings. The summed E-state index contributed by atoms with van der Waals surface area (Å²) < 4.78 is 0. The number of carbonyl (C=O) groups excluding carboxylic acids is 1. The van der Waals surface area contributed by atoms with Gasteiger partial charge in [0.25, 0.3) is 0 Å². The van der Waals surface area contributed by atoms with Crippen LogP contribution in [0.15, 0.2) is 5.38 Å². The molecule has 0 spiro atoms. The number of halogens is 1. The maximum Gasteiger partial charge on any atom is 0.241 e. The SMILES string of the molecule is CCCN(CC(=O)N(C)C)c1nc(Cl)cs1. The Labute approximate surface area is 105 Å². The van der Waals surface area contributed by atoms with E-state index in [4.69, 9.17) is 11.6 Å². The van der Waals surface area contributed by atoms with Crippen molar-refractivity contribution in [2.24, 2.45) is 0 Å². The van der Waals surface area contributed by atoms with Crippen LogP contribution in [-0.2, 0) is 4.79 Å². The molecule has 0 aliphatic rings. The number of nitrogens with zero attached hydrogens (tertiary/aromatic N) is 3. The minimum atomic E-state index is 0.0692. The summed E-state index contributed by atoms with van der Waals surface area (Å²) >= 11 is 7.24. The van der Waals surface area contributed by atoms with Crippen molar-refractivity contribution < 1.29 is 4.79 Å².